The predicted molar refractivity (Wildman–Crippen MR) is 90.2 cm³/mol. The fourth-order valence-electron chi connectivity index (χ4n) is 4.46. The monoisotopic (exact) mass is 335 g/mol. The Labute approximate surface area is 143 Å². The molecule has 0 aromatic heterocycles. The lowest BCUT2D eigenvalue weighted by Crippen LogP contribution is -2.44. The summed E-state index contributed by atoms with van der Waals surface area (Å²) in [6.07, 6.45) is 8.91. The smallest absolute Gasteiger partial charge is 0.325 e. The van der Waals surface area contributed by atoms with E-state index in [2.05, 4.69) is 17.6 Å². The minimum Gasteiger partial charge on any atom is -0.353 e. The van der Waals surface area contributed by atoms with Crippen molar-refractivity contribution in [2.24, 2.45) is 5.92 Å². The Balaban J connectivity index is 1.42. The Hall–Kier alpha value is -1.59. The van der Waals surface area contributed by atoms with Crippen molar-refractivity contribution in [2.75, 3.05) is 6.54 Å². The summed E-state index contributed by atoms with van der Waals surface area (Å²) in [6, 6.07) is 0.00291. The van der Waals surface area contributed by atoms with Gasteiger partial charge in [0.05, 0.1) is 0 Å². The second-order valence-electron chi connectivity index (χ2n) is 7.82. The number of carbonyl (C=O) groups excluding carboxylic acids is 3. The van der Waals surface area contributed by atoms with Gasteiger partial charge in [0, 0.05) is 19.0 Å². The third-order valence-corrected chi connectivity index (χ3v) is 5.79. The van der Waals surface area contributed by atoms with E-state index >= 15 is 0 Å². The summed E-state index contributed by atoms with van der Waals surface area (Å²) >= 11 is 0. The molecule has 1 heterocycles. The summed E-state index contributed by atoms with van der Waals surface area (Å²) in [4.78, 5) is 38.0. The van der Waals surface area contributed by atoms with Crippen LogP contribution in [0, 0.1) is 5.92 Å². The maximum atomic E-state index is 12.5. The molecule has 2 atom stereocenters. The quantitative estimate of drug-likeness (QED) is 0.757. The predicted octanol–water partition coefficient (Wildman–Crippen LogP) is 2.33. The molecule has 0 aromatic rings. The van der Waals surface area contributed by atoms with Gasteiger partial charge in [0.1, 0.15) is 5.54 Å². The molecule has 6 nitrogen and oxygen atoms in total. The Bertz CT molecular complexity index is 514. The summed E-state index contributed by atoms with van der Waals surface area (Å²) in [6.45, 7) is 2.57. The fraction of sp³-hybridized carbons (Fsp3) is 0.833. The maximum Gasteiger partial charge on any atom is 0.325 e. The van der Waals surface area contributed by atoms with Crippen LogP contribution in [0.25, 0.3) is 0 Å². The Morgan fingerprint density at radius 2 is 2.00 bits per heavy atom. The number of nitrogens with one attached hydrogen (secondary N) is 2. The summed E-state index contributed by atoms with van der Waals surface area (Å²) in [7, 11) is 0. The molecule has 24 heavy (non-hydrogen) atoms. The van der Waals surface area contributed by atoms with Crippen LogP contribution in [0.3, 0.4) is 0 Å². The van der Waals surface area contributed by atoms with E-state index in [1.807, 2.05) is 0 Å². The zero-order valence-corrected chi connectivity index (χ0v) is 14.6. The number of nitrogens with zero attached hydrogens (tertiary/aromatic N) is 1. The first-order valence-corrected chi connectivity index (χ1v) is 9.44. The number of urea groups is 1. The molecule has 2 unspecified atom stereocenters. The Kier molecular flexibility index (Phi) is 5.11. The molecule has 2 N–H and O–H groups in total. The molecule has 1 saturated heterocycles. The van der Waals surface area contributed by atoms with Gasteiger partial charge in [0.15, 0.2) is 0 Å². The van der Waals surface area contributed by atoms with Gasteiger partial charge in [0.2, 0.25) is 5.91 Å². The van der Waals surface area contributed by atoms with Crippen molar-refractivity contribution in [1.82, 2.24) is 15.5 Å². The van der Waals surface area contributed by atoms with Crippen LogP contribution in [0.5, 0.6) is 0 Å². The van der Waals surface area contributed by atoms with Crippen molar-refractivity contribution < 1.29 is 14.4 Å². The number of hydrogen-bond donors (Lipinski definition) is 2. The van der Waals surface area contributed by atoms with Crippen LogP contribution in [-0.2, 0) is 9.59 Å². The molecule has 0 aromatic carbocycles. The van der Waals surface area contributed by atoms with Crippen molar-refractivity contribution in [1.29, 1.82) is 0 Å². The molecular weight excluding hydrogens is 306 g/mol. The van der Waals surface area contributed by atoms with E-state index < -0.39 is 5.54 Å². The van der Waals surface area contributed by atoms with Gasteiger partial charge in [-0.2, -0.15) is 0 Å². The van der Waals surface area contributed by atoms with Crippen LogP contribution in [-0.4, -0.2) is 40.9 Å². The highest BCUT2D eigenvalue weighted by Gasteiger charge is 2.52. The highest BCUT2D eigenvalue weighted by Crippen LogP contribution is 2.35. The second-order valence-corrected chi connectivity index (χ2v) is 7.82. The minimum atomic E-state index is -0.641. The summed E-state index contributed by atoms with van der Waals surface area (Å²) < 4.78 is 0. The van der Waals surface area contributed by atoms with Gasteiger partial charge in [-0.05, 0) is 38.0 Å². The molecule has 6 heteroatoms. The summed E-state index contributed by atoms with van der Waals surface area (Å²) in [5.74, 6) is 0.626. The molecular formula is C18H29N3O3. The molecule has 3 aliphatic rings. The van der Waals surface area contributed by atoms with Gasteiger partial charge in [-0.15, -0.1) is 0 Å². The largest absolute Gasteiger partial charge is 0.353 e. The number of amides is 4. The first kappa shape index (κ1) is 17.2. The highest BCUT2D eigenvalue weighted by atomic mass is 16.2. The van der Waals surface area contributed by atoms with Crippen molar-refractivity contribution >= 4 is 17.8 Å². The molecule has 1 spiro atoms. The van der Waals surface area contributed by atoms with E-state index in [0.29, 0.717) is 31.3 Å². The Morgan fingerprint density at radius 1 is 1.25 bits per heavy atom. The Morgan fingerprint density at radius 3 is 2.71 bits per heavy atom. The molecule has 3 fully saturated rings. The molecule has 2 aliphatic carbocycles. The normalized spacial score (nSPS) is 29.1. The standard InChI is InChI=1S/C18H29N3O3/c1-13-6-4-7-14(12-13)19-15(22)8-5-11-21-16(23)18(20-17(21)24)9-2-3-10-18/h13-14H,2-12H2,1H3,(H,19,22)(H,20,24). The minimum absolute atomic E-state index is 0.0386. The highest BCUT2D eigenvalue weighted by molar-refractivity contribution is 6.07. The molecule has 2 saturated carbocycles. The van der Waals surface area contributed by atoms with Gasteiger partial charge < -0.3 is 10.6 Å². The molecule has 134 valence electrons. The lowest BCUT2D eigenvalue weighted by atomic mass is 9.87. The van der Waals surface area contributed by atoms with E-state index in [0.717, 1.165) is 38.5 Å². The van der Waals surface area contributed by atoms with Crippen LogP contribution in [0.1, 0.15) is 71.1 Å². The third-order valence-electron chi connectivity index (χ3n) is 5.79. The van der Waals surface area contributed by atoms with E-state index in [4.69, 9.17) is 0 Å². The van der Waals surface area contributed by atoms with E-state index in [1.165, 1.54) is 17.7 Å². The molecule has 0 radical (unpaired) electrons. The van der Waals surface area contributed by atoms with Crippen molar-refractivity contribution in [3.05, 3.63) is 0 Å². The lowest BCUT2D eigenvalue weighted by Gasteiger charge is -2.27. The first-order chi connectivity index (χ1) is 11.5. The zero-order chi connectivity index (χ0) is 17.2. The first-order valence-electron chi connectivity index (χ1n) is 9.44. The van der Waals surface area contributed by atoms with Crippen molar-refractivity contribution in [3.63, 3.8) is 0 Å². The van der Waals surface area contributed by atoms with Crippen LogP contribution in [0.2, 0.25) is 0 Å². The van der Waals surface area contributed by atoms with E-state index in [1.54, 1.807) is 0 Å². The fourth-order valence-corrected chi connectivity index (χ4v) is 4.46. The number of imide groups is 1. The average molecular weight is 335 g/mol. The summed E-state index contributed by atoms with van der Waals surface area (Å²) in [5, 5.41) is 5.98. The van der Waals surface area contributed by atoms with Gasteiger partial charge in [-0.1, -0.05) is 32.6 Å². The van der Waals surface area contributed by atoms with Gasteiger partial charge in [-0.25, -0.2) is 4.79 Å². The summed E-state index contributed by atoms with van der Waals surface area (Å²) in [5.41, 5.74) is -0.641. The van der Waals surface area contributed by atoms with E-state index in [9.17, 15) is 14.4 Å². The number of carbonyl (C=O) groups is 3. The third kappa shape index (κ3) is 3.57. The zero-order valence-electron chi connectivity index (χ0n) is 14.6. The van der Waals surface area contributed by atoms with Crippen molar-refractivity contribution in [2.45, 2.75) is 82.7 Å². The van der Waals surface area contributed by atoms with Gasteiger partial charge >= 0.3 is 6.03 Å². The number of hydrogen-bond acceptors (Lipinski definition) is 3. The van der Waals surface area contributed by atoms with Crippen LogP contribution < -0.4 is 10.6 Å². The molecule has 3 rings (SSSR count). The molecule has 1 aliphatic heterocycles. The SMILES string of the molecule is CC1CCCC(NC(=O)CCCN2C(=O)NC3(CCCC3)C2=O)C1. The molecule has 0 bridgehead atoms. The topological polar surface area (TPSA) is 78.5 Å². The van der Waals surface area contributed by atoms with Gasteiger partial charge in [0.25, 0.3) is 5.91 Å². The van der Waals surface area contributed by atoms with E-state index in [-0.39, 0.29) is 17.8 Å². The van der Waals surface area contributed by atoms with Crippen LogP contribution in [0.4, 0.5) is 4.79 Å². The second kappa shape index (κ2) is 7.11. The van der Waals surface area contributed by atoms with Crippen molar-refractivity contribution in [3.8, 4) is 0 Å². The van der Waals surface area contributed by atoms with Gasteiger partial charge in [-0.3, -0.25) is 14.5 Å². The lowest BCUT2D eigenvalue weighted by molar-refractivity contribution is -0.131. The molecule has 4 amide bonds. The number of rotatable bonds is 5. The average Bonchev–Trinajstić information content (AvgIpc) is 3.08. The van der Waals surface area contributed by atoms with Crippen LogP contribution in [0.15, 0.2) is 0 Å². The van der Waals surface area contributed by atoms with Crippen LogP contribution >= 0.6 is 0 Å². The maximum absolute atomic E-state index is 12.5.